The maximum absolute atomic E-state index is 12.8. The Balaban J connectivity index is 1.44. The molecule has 0 aliphatic carbocycles. The second-order valence-electron chi connectivity index (χ2n) is 7.39. The van der Waals surface area contributed by atoms with E-state index in [4.69, 9.17) is 0 Å². The lowest BCUT2D eigenvalue weighted by molar-refractivity contribution is -0.111. The monoisotopic (exact) mass is 450 g/mol. The lowest BCUT2D eigenvalue weighted by Crippen LogP contribution is -2.15. The number of benzene rings is 2. The van der Waals surface area contributed by atoms with Gasteiger partial charge in [0.15, 0.2) is 0 Å². The third kappa shape index (κ3) is 5.49. The van der Waals surface area contributed by atoms with Gasteiger partial charge in [0.25, 0.3) is 5.91 Å². The van der Waals surface area contributed by atoms with Crippen molar-refractivity contribution in [2.24, 2.45) is 0 Å². The first-order chi connectivity index (χ1) is 16.5. The van der Waals surface area contributed by atoms with Crippen LogP contribution in [0.3, 0.4) is 0 Å². The van der Waals surface area contributed by atoms with E-state index in [1.165, 1.54) is 6.08 Å². The molecule has 0 radical (unpaired) electrons. The van der Waals surface area contributed by atoms with Crippen LogP contribution in [0.5, 0.6) is 0 Å². The second-order valence-corrected chi connectivity index (χ2v) is 7.39. The van der Waals surface area contributed by atoms with Crippen molar-refractivity contribution >= 4 is 34.8 Å². The molecule has 3 N–H and O–H groups in total. The molecule has 0 bridgehead atoms. The molecule has 8 nitrogen and oxygen atoms in total. The molecule has 2 heterocycles. The molecule has 4 rings (SSSR count). The fraction of sp³-hybridized carbons (Fsp3) is 0.0385. The van der Waals surface area contributed by atoms with Crippen LogP contribution in [0.15, 0.2) is 91.9 Å². The summed E-state index contributed by atoms with van der Waals surface area (Å²) in [6.07, 6.45) is 6.31. The molecule has 0 aliphatic heterocycles. The number of carbonyl (C=O) groups is 2. The van der Waals surface area contributed by atoms with Gasteiger partial charge in [0.05, 0.1) is 5.69 Å². The van der Waals surface area contributed by atoms with Crippen LogP contribution in [-0.2, 0) is 4.79 Å². The van der Waals surface area contributed by atoms with Gasteiger partial charge in [0.1, 0.15) is 0 Å². The minimum absolute atomic E-state index is 0.277. The van der Waals surface area contributed by atoms with E-state index >= 15 is 0 Å². The van der Waals surface area contributed by atoms with Crippen molar-refractivity contribution in [1.29, 1.82) is 0 Å². The number of rotatable bonds is 7. The zero-order valence-electron chi connectivity index (χ0n) is 18.4. The number of aromatic nitrogens is 3. The summed E-state index contributed by atoms with van der Waals surface area (Å²) in [5.74, 6) is -0.166. The highest BCUT2D eigenvalue weighted by atomic mass is 16.2. The minimum atomic E-state index is -0.340. The van der Waals surface area contributed by atoms with Gasteiger partial charge in [-0.3, -0.25) is 14.6 Å². The van der Waals surface area contributed by atoms with Crippen molar-refractivity contribution in [3.05, 3.63) is 103 Å². The van der Waals surface area contributed by atoms with Gasteiger partial charge in [-0.15, -0.1) is 0 Å². The molecule has 4 aromatic rings. The van der Waals surface area contributed by atoms with E-state index in [2.05, 4.69) is 37.5 Å². The maximum Gasteiger partial charge on any atom is 0.256 e. The summed E-state index contributed by atoms with van der Waals surface area (Å²) in [5.41, 5.74) is 4.83. The zero-order valence-corrected chi connectivity index (χ0v) is 18.4. The van der Waals surface area contributed by atoms with Crippen LogP contribution >= 0.6 is 0 Å². The van der Waals surface area contributed by atoms with E-state index in [0.717, 1.165) is 22.5 Å². The quantitative estimate of drug-likeness (QED) is 0.343. The molecule has 2 aromatic carbocycles. The Labute approximate surface area is 196 Å². The van der Waals surface area contributed by atoms with E-state index in [-0.39, 0.29) is 11.8 Å². The Hall–Kier alpha value is -4.85. The third-order valence-electron chi connectivity index (χ3n) is 4.95. The summed E-state index contributed by atoms with van der Waals surface area (Å²) in [5, 5.41) is 8.70. The Morgan fingerprint density at radius 1 is 0.912 bits per heavy atom. The first-order valence-corrected chi connectivity index (χ1v) is 10.5. The lowest BCUT2D eigenvalue weighted by atomic mass is 10.1. The molecule has 0 atom stereocenters. The van der Waals surface area contributed by atoms with Gasteiger partial charge >= 0.3 is 0 Å². The normalized spacial score (nSPS) is 10.3. The van der Waals surface area contributed by atoms with Crippen LogP contribution in [0.4, 0.5) is 23.0 Å². The molecule has 0 aliphatic rings. The van der Waals surface area contributed by atoms with Crippen LogP contribution in [0.25, 0.3) is 11.3 Å². The first kappa shape index (κ1) is 22.3. The summed E-state index contributed by atoms with van der Waals surface area (Å²) in [4.78, 5) is 37.3. The molecule has 0 fully saturated rings. The number of carbonyl (C=O) groups excluding carboxylic acids is 2. The highest BCUT2D eigenvalue weighted by Gasteiger charge is 2.11. The van der Waals surface area contributed by atoms with Crippen molar-refractivity contribution in [1.82, 2.24) is 15.0 Å². The SMILES string of the molecule is C=CC(=O)Nc1ccc(C)c(C(=O)Nc2ccc(Nc3nccc(-c4cccnc4)n3)cc2)c1. The maximum atomic E-state index is 12.8. The predicted octanol–water partition coefficient (Wildman–Crippen LogP) is 4.97. The summed E-state index contributed by atoms with van der Waals surface area (Å²) < 4.78 is 0. The largest absolute Gasteiger partial charge is 0.324 e. The average Bonchev–Trinajstić information content (AvgIpc) is 2.87. The number of nitrogens with zero attached hydrogens (tertiary/aromatic N) is 3. The lowest BCUT2D eigenvalue weighted by Gasteiger charge is -2.11. The van der Waals surface area contributed by atoms with Gasteiger partial charge in [0, 0.05) is 46.8 Å². The van der Waals surface area contributed by atoms with Gasteiger partial charge in [0.2, 0.25) is 11.9 Å². The number of pyridine rings is 1. The molecule has 34 heavy (non-hydrogen) atoms. The highest BCUT2D eigenvalue weighted by Crippen LogP contribution is 2.21. The van der Waals surface area contributed by atoms with Gasteiger partial charge in [-0.25, -0.2) is 9.97 Å². The molecule has 2 aromatic heterocycles. The summed E-state index contributed by atoms with van der Waals surface area (Å²) in [7, 11) is 0. The van der Waals surface area contributed by atoms with Crippen LogP contribution in [0.1, 0.15) is 15.9 Å². The Morgan fingerprint density at radius 3 is 2.41 bits per heavy atom. The average molecular weight is 451 g/mol. The van der Waals surface area contributed by atoms with Crippen LogP contribution < -0.4 is 16.0 Å². The predicted molar refractivity (Wildman–Crippen MR) is 133 cm³/mol. The zero-order chi connectivity index (χ0) is 23.9. The summed E-state index contributed by atoms with van der Waals surface area (Å²) >= 11 is 0. The number of amides is 2. The van der Waals surface area contributed by atoms with E-state index in [0.29, 0.717) is 22.9 Å². The van der Waals surface area contributed by atoms with Gasteiger partial charge in [-0.2, -0.15) is 0 Å². The molecular weight excluding hydrogens is 428 g/mol. The number of hydrogen-bond acceptors (Lipinski definition) is 6. The number of aryl methyl sites for hydroxylation is 1. The van der Waals surface area contributed by atoms with Crippen LogP contribution in [0, 0.1) is 6.92 Å². The van der Waals surface area contributed by atoms with Crippen molar-refractivity contribution in [3.63, 3.8) is 0 Å². The molecule has 0 spiro atoms. The molecule has 0 unspecified atom stereocenters. The third-order valence-corrected chi connectivity index (χ3v) is 4.95. The minimum Gasteiger partial charge on any atom is -0.324 e. The van der Waals surface area contributed by atoms with Gasteiger partial charge in [-0.1, -0.05) is 12.6 Å². The first-order valence-electron chi connectivity index (χ1n) is 10.5. The molecule has 0 saturated carbocycles. The summed E-state index contributed by atoms with van der Waals surface area (Å²) in [6.45, 7) is 5.27. The fourth-order valence-corrected chi connectivity index (χ4v) is 3.20. The topological polar surface area (TPSA) is 109 Å². The number of anilines is 4. The fourth-order valence-electron chi connectivity index (χ4n) is 3.20. The molecule has 168 valence electrons. The van der Waals surface area contributed by atoms with Crippen molar-refractivity contribution in [2.75, 3.05) is 16.0 Å². The van der Waals surface area contributed by atoms with Gasteiger partial charge < -0.3 is 16.0 Å². The van der Waals surface area contributed by atoms with Crippen LogP contribution in [0.2, 0.25) is 0 Å². The van der Waals surface area contributed by atoms with E-state index < -0.39 is 0 Å². The number of nitrogens with one attached hydrogen (secondary N) is 3. The molecular formula is C26H22N6O2. The van der Waals surface area contributed by atoms with E-state index in [1.807, 2.05) is 37.3 Å². The second kappa shape index (κ2) is 10.2. The van der Waals surface area contributed by atoms with Gasteiger partial charge in [-0.05, 0) is 73.2 Å². The van der Waals surface area contributed by atoms with Crippen molar-refractivity contribution in [3.8, 4) is 11.3 Å². The smallest absolute Gasteiger partial charge is 0.256 e. The highest BCUT2D eigenvalue weighted by molar-refractivity contribution is 6.07. The molecule has 0 saturated heterocycles. The van der Waals surface area contributed by atoms with E-state index in [1.54, 1.807) is 48.9 Å². The molecule has 8 heteroatoms. The Kier molecular flexibility index (Phi) is 6.69. The Bertz CT molecular complexity index is 1340. The standard InChI is InChI=1S/C26H22N6O2/c1-3-24(33)29-21-7-6-17(2)22(15-21)25(34)30-19-8-10-20(11-9-19)31-26-28-14-12-23(32-26)18-5-4-13-27-16-18/h3-16H,1H2,2H3,(H,29,33)(H,30,34)(H,28,31,32). The van der Waals surface area contributed by atoms with E-state index in [9.17, 15) is 9.59 Å². The summed E-state index contributed by atoms with van der Waals surface area (Å²) in [6, 6.07) is 18.0. The molecule has 2 amide bonds. The Morgan fingerprint density at radius 2 is 1.68 bits per heavy atom. The van der Waals surface area contributed by atoms with Crippen LogP contribution in [-0.4, -0.2) is 26.8 Å². The van der Waals surface area contributed by atoms with Crippen molar-refractivity contribution in [2.45, 2.75) is 6.92 Å². The van der Waals surface area contributed by atoms with Crippen molar-refractivity contribution < 1.29 is 9.59 Å². The number of hydrogen-bond donors (Lipinski definition) is 3.